The average molecular weight is 438 g/mol. The lowest BCUT2D eigenvalue weighted by molar-refractivity contribution is -0.138. The summed E-state index contributed by atoms with van der Waals surface area (Å²) in [6.07, 6.45) is -3.12. The van der Waals surface area contributed by atoms with E-state index in [4.69, 9.17) is 4.42 Å². The topological polar surface area (TPSA) is 88.4 Å². The van der Waals surface area contributed by atoms with Crippen molar-refractivity contribution in [2.75, 3.05) is 5.32 Å². The zero-order valence-corrected chi connectivity index (χ0v) is 16.5. The summed E-state index contributed by atoms with van der Waals surface area (Å²) < 4.78 is 71.1. The van der Waals surface area contributed by atoms with Gasteiger partial charge in [0.15, 0.2) is 0 Å². The van der Waals surface area contributed by atoms with Crippen LogP contribution in [0.3, 0.4) is 0 Å². The molecular weight excluding hydrogens is 421 g/mol. The first kappa shape index (κ1) is 21.6. The van der Waals surface area contributed by atoms with E-state index in [1.807, 2.05) is 0 Å². The van der Waals surface area contributed by atoms with Gasteiger partial charge in [-0.25, -0.2) is 13.1 Å². The second-order valence-corrected chi connectivity index (χ2v) is 8.18. The molecule has 3 aromatic rings. The van der Waals surface area contributed by atoms with Gasteiger partial charge < -0.3 is 9.73 Å². The van der Waals surface area contributed by atoms with Crippen LogP contribution in [0.5, 0.6) is 0 Å². The lowest BCUT2D eigenvalue weighted by atomic mass is 10.1. The van der Waals surface area contributed by atoms with Crippen LogP contribution >= 0.6 is 0 Å². The molecule has 158 valence electrons. The fraction of sp³-hybridized carbons (Fsp3) is 0.150. The molecular formula is C20H17F3N2O4S. The summed E-state index contributed by atoms with van der Waals surface area (Å²) in [6.45, 7) is 1.29. The molecule has 0 aliphatic heterocycles. The van der Waals surface area contributed by atoms with Gasteiger partial charge >= 0.3 is 6.18 Å². The zero-order valence-electron chi connectivity index (χ0n) is 15.7. The van der Waals surface area contributed by atoms with Crippen LogP contribution in [0.25, 0.3) is 0 Å². The predicted molar refractivity (Wildman–Crippen MR) is 103 cm³/mol. The van der Waals surface area contributed by atoms with E-state index in [0.717, 1.165) is 6.07 Å². The summed E-state index contributed by atoms with van der Waals surface area (Å²) in [5.74, 6) is -0.231. The van der Waals surface area contributed by atoms with Crippen molar-refractivity contribution >= 4 is 21.6 Å². The Morgan fingerprint density at radius 2 is 1.77 bits per heavy atom. The van der Waals surface area contributed by atoms with Gasteiger partial charge in [0.2, 0.25) is 10.0 Å². The number of carbonyl (C=O) groups is 1. The minimum atomic E-state index is -4.54. The number of nitrogens with one attached hydrogen (secondary N) is 2. The number of benzene rings is 2. The molecule has 0 saturated carbocycles. The van der Waals surface area contributed by atoms with Crippen molar-refractivity contribution in [3.05, 3.63) is 83.3 Å². The number of furan rings is 1. The number of hydrogen-bond donors (Lipinski definition) is 2. The first-order valence-electron chi connectivity index (χ1n) is 8.67. The monoisotopic (exact) mass is 438 g/mol. The van der Waals surface area contributed by atoms with Crippen LogP contribution < -0.4 is 10.0 Å². The Hall–Kier alpha value is -3.11. The Labute approximate surface area is 170 Å². The van der Waals surface area contributed by atoms with Gasteiger partial charge in [0.05, 0.1) is 23.3 Å². The van der Waals surface area contributed by atoms with E-state index < -0.39 is 27.7 Å². The highest BCUT2D eigenvalue weighted by molar-refractivity contribution is 7.89. The Bertz CT molecular complexity index is 1140. The molecule has 0 radical (unpaired) electrons. The van der Waals surface area contributed by atoms with Crippen molar-refractivity contribution in [1.82, 2.24) is 4.72 Å². The zero-order chi connectivity index (χ0) is 21.9. The van der Waals surface area contributed by atoms with Crippen LogP contribution in [0, 0.1) is 6.92 Å². The fourth-order valence-corrected chi connectivity index (χ4v) is 3.65. The largest absolute Gasteiger partial charge is 0.468 e. The molecule has 1 heterocycles. The number of anilines is 1. The van der Waals surface area contributed by atoms with Crippen molar-refractivity contribution in [1.29, 1.82) is 0 Å². The van der Waals surface area contributed by atoms with E-state index in [2.05, 4.69) is 10.0 Å². The van der Waals surface area contributed by atoms with E-state index in [1.54, 1.807) is 12.1 Å². The summed E-state index contributed by atoms with van der Waals surface area (Å²) in [5, 5.41) is 2.38. The van der Waals surface area contributed by atoms with Crippen molar-refractivity contribution in [2.45, 2.75) is 24.5 Å². The third-order valence-electron chi connectivity index (χ3n) is 4.24. The quantitative estimate of drug-likeness (QED) is 0.599. The Morgan fingerprint density at radius 1 is 1.07 bits per heavy atom. The summed E-state index contributed by atoms with van der Waals surface area (Å²) >= 11 is 0. The Balaban J connectivity index is 1.71. The van der Waals surface area contributed by atoms with Crippen molar-refractivity contribution < 1.29 is 30.8 Å². The van der Waals surface area contributed by atoms with Crippen LogP contribution in [-0.4, -0.2) is 14.3 Å². The third kappa shape index (κ3) is 5.08. The van der Waals surface area contributed by atoms with Crippen LogP contribution in [0.1, 0.15) is 27.2 Å². The van der Waals surface area contributed by atoms with Crippen LogP contribution in [-0.2, 0) is 22.7 Å². The van der Waals surface area contributed by atoms with Gasteiger partial charge in [0.1, 0.15) is 5.76 Å². The second kappa shape index (κ2) is 8.33. The van der Waals surface area contributed by atoms with Crippen LogP contribution in [0.15, 0.2) is 70.2 Å². The molecule has 0 saturated heterocycles. The molecule has 6 nitrogen and oxygen atoms in total. The number of amides is 1. The van der Waals surface area contributed by atoms with E-state index in [1.165, 1.54) is 49.6 Å². The molecule has 1 amide bonds. The van der Waals surface area contributed by atoms with Gasteiger partial charge in [-0.3, -0.25) is 4.79 Å². The summed E-state index contributed by atoms with van der Waals surface area (Å²) in [4.78, 5) is 12.3. The van der Waals surface area contributed by atoms with Gasteiger partial charge in [-0.1, -0.05) is 6.07 Å². The molecule has 0 spiro atoms. The highest BCUT2D eigenvalue weighted by Gasteiger charge is 2.32. The predicted octanol–water partition coefficient (Wildman–Crippen LogP) is 4.34. The minimum absolute atomic E-state index is 0.0188. The summed E-state index contributed by atoms with van der Waals surface area (Å²) in [6, 6.07) is 11.7. The SMILES string of the molecule is Cc1ccc(NC(=O)c2ccc(S(=O)(=O)NCc3ccco3)cc2)cc1C(F)(F)F. The maximum absolute atomic E-state index is 13.0. The third-order valence-corrected chi connectivity index (χ3v) is 5.66. The van der Waals surface area contributed by atoms with Crippen molar-refractivity contribution in [3.63, 3.8) is 0 Å². The standard InChI is InChI=1S/C20H17F3N2O4S/c1-13-4-7-15(11-18(13)20(21,22)23)25-19(26)14-5-8-17(9-6-14)30(27,28)24-12-16-3-2-10-29-16/h2-11,24H,12H2,1H3,(H,25,26). The van der Waals surface area contributed by atoms with Crippen molar-refractivity contribution in [2.24, 2.45) is 0 Å². The smallest absolute Gasteiger partial charge is 0.416 e. The molecule has 10 heteroatoms. The number of hydrogen-bond acceptors (Lipinski definition) is 4. The second-order valence-electron chi connectivity index (χ2n) is 6.41. The molecule has 2 aromatic carbocycles. The van der Waals surface area contributed by atoms with Gasteiger partial charge in [-0.2, -0.15) is 13.2 Å². The highest BCUT2D eigenvalue weighted by atomic mass is 32.2. The average Bonchev–Trinajstić information content (AvgIpc) is 3.21. The molecule has 0 aliphatic carbocycles. The molecule has 0 unspecified atom stereocenters. The van der Waals surface area contributed by atoms with E-state index in [9.17, 15) is 26.4 Å². The summed E-state index contributed by atoms with van der Waals surface area (Å²) in [7, 11) is -3.83. The van der Waals surface area contributed by atoms with E-state index in [0.29, 0.717) is 5.76 Å². The normalized spacial score (nSPS) is 12.0. The molecule has 30 heavy (non-hydrogen) atoms. The van der Waals surface area contributed by atoms with E-state index >= 15 is 0 Å². The van der Waals surface area contributed by atoms with Gasteiger partial charge in [-0.15, -0.1) is 0 Å². The molecule has 0 bridgehead atoms. The van der Waals surface area contributed by atoms with Gasteiger partial charge in [-0.05, 0) is 61.0 Å². The molecule has 0 fully saturated rings. The van der Waals surface area contributed by atoms with Gasteiger partial charge in [0, 0.05) is 11.3 Å². The van der Waals surface area contributed by atoms with Crippen LogP contribution in [0.2, 0.25) is 0 Å². The lowest BCUT2D eigenvalue weighted by Gasteiger charge is -2.13. The molecule has 3 rings (SSSR count). The lowest BCUT2D eigenvalue weighted by Crippen LogP contribution is -2.23. The van der Waals surface area contributed by atoms with Gasteiger partial charge in [0.25, 0.3) is 5.91 Å². The van der Waals surface area contributed by atoms with Crippen molar-refractivity contribution in [3.8, 4) is 0 Å². The fourth-order valence-electron chi connectivity index (χ4n) is 2.66. The Morgan fingerprint density at radius 3 is 2.37 bits per heavy atom. The number of carbonyl (C=O) groups excluding carboxylic acids is 1. The first-order valence-corrected chi connectivity index (χ1v) is 10.2. The summed E-state index contributed by atoms with van der Waals surface area (Å²) in [5.41, 5.74) is -0.731. The Kier molecular flexibility index (Phi) is 5.99. The first-order chi connectivity index (χ1) is 14.1. The highest BCUT2D eigenvalue weighted by Crippen LogP contribution is 2.33. The van der Waals surface area contributed by atoms with Crippen LogP contribution in [0.4, 0.5) is 18.9 Å². The molecule has 0 atom stereocenters. The maximum Gasteiger partial charge on any atom is 0.416 e. The molecule has 2 N–H and O–H groups in total. The number of sulfonamides is 1. The van der Waals surface area contributed by atoms with E-state index in [-0.39, 0.29) is 28.3 Å². The molecule has 0 aliphatic rings. The number of aryl methyl sites for hydroxylation is 1. The molecule has 1 aromatic heterocycles. The number of halogens is 3. The number of alkyl halides is 3. The maximum atomic E-state index is 13.0. The minimum Gasteiger partial charge on any atom is -0.468 e. The number of rotatable bonds is 6.